The largest absolute Gasteiger partial charge is 0.245 e. The van der Waals surface area contributed by atoms with Gasteiger partial charge in [-0.05, 0) is 12.5 Å². The van der Waals surface area contributed by atoms with Crippen molar-refractivity contribution < 1.29 is 0 Å². The average molecular weight is 282 g/mol. The molecule has 2 aromatic rings. The molecule has 84 valence electrons. The second kappa shape index (κ2) is 5.16. The summed E-state index contributed by atoms with van der Waals surface area (Å²) in [5.41, 5.74) is 0.943. The first-order valence-electron chi connectivity index (χ1n) is 5.09. The third-order valence-electron chi connectivity index (χ3n) is 2.16. The Morgan fingerprint density at radius 3 is 2.81 bits per heavy atom. The summed E-state index contributed by atoms with van der Waals surface area (Å²) in [5, 5.41) is 8.13. The molecule has 0 aliphatic rings. The van der Waals surface area contributed by atoms with Crippen molar-refractivity contribution in [3.8, 4) is 0 Å². The minimum atomic E-state index is 0.262. The smallest absolute Gasteiger partial charge is 0.149 e. The molecular formula is C10H12BrN5. The van der Waals surface area contributed by atoms with E-state index in [1.807, 2.05) is 6.20 Å². The summed E-state index contributed by atoms with van der Waals surface area (Å²) in [6, 6.07) is 1.79. The Balaban J connectivity index is 2.09. The van der Waals surface area contributed by atoms with Gasteiger partial charge in [-0.15, -0.1) is 5.10 Å². The second-order valence-corrected chi connectivity index (χ2v) is 4.49. The molecule has 6 heteroatoms. The molecule has 5 nitrogen and oxygen atoms in total. The van der Waals surface area contributed by atoms with Crippen LogP contribution in [0.2, 0.25) is 0 Å². The van der Waals surface area contributed by atoms with Crippen LogP contribution in [0.4, 0.5) is 0 Å². The molecule has 0 saturated heterocycles. The van der Waals surface area contributed by atoms with Crippen molar-refractivity contribution in [2.45, 2.75) is 24.7 Å². The van der Waals surface area contributed by atoms with E-state index in [2.05, 4.69) is 43.1 Å². The molecule has 0 saturated carbocycles. The quantitative estimate of drug-likeness (QED) is 0.804. The van der Waals surface area contributed by atoms with E-state index in [-0.39, 0.29) is 4.83 Å². The van der Waals surface area contributed by atoms with Crippen molar-refractivity contribution in [1.29, 1.82) is 0 Å². The van der Waals surface area contributed by atoms with E-state index >= 15 is 0 Å². The van der Waals surface area contributed by atoms with Crippen molar-refractivity contribution in [2.75, 3.05) is 0 Å². The topological polar surface area (TPSA) is 56.5 Å². The van der Waals surface area contributed by atoms with Gasteiger partial charge in [-0.2, -0.15) is 0 Å². The van der Waals surface area contributed by atoms with E-state index in [9.17, 15) is 0 Å². The maximum absolute atomic E-state index is 4.14. The lowest BCUT2D eigenvalue weighted by atomic mass is 10.3. The second-order valence-electron chi connectivity index (χ2n) is 3.38. The third-order valence-corrected chi connectivity index (χ3v) is 3.27. The number of aromatic nitrogens is 5. The van der Waals surface area contributed by atoms with Crippen LogP contribution in [0.1, 0.15) is 29.7 Å². The Labute approximate surface area is 102 Å². The predicted molar refractivity (Wildman–Crippen MR) is 63.1 cm³/mol. The minimum absolute atomic E-state index is 0.262. The highest BCUT2D eigenvalue weighted by atomic mass is 79.9. The molecule has 16 heavy (non-hydrogen) atoms. The maximum atomic E-state index is 4.14. The van der Waals surface area contributed by atoms with E-state index in [1.54, 1.807) is 23.1 Å². The molecule has 0 N–H and O–H groups in total. The van der Waals surface area contributed by atoms with E-state index in [4.69, 9.17) is 0 Å². The molecule has 0 amide bonds. The summed E-state index contributed by atoms with van der Waals surface area (Å²) in [5.74, 6) is 0.738. The van der Waals surface area contributed by atoms with Gasteiger partial charge in [0.25, 0.3) is 0 Å². The monoisotopic (exact) mass is 281 g/mol. The number of halogens is 1. The highest BCUT2D eigenvalue weighted by Crippen LogP contribution is 2.23. The molecule has 0 aliphatic carbocycles. The lowest BCUT2D eigenvalue weighted by Gasteiger charge is -1.99. The molecule has 1 unspecified atom stereocenters. The zero-order chi connectivity index (χ0) is 11.4. The van der Waals surface area contributed by atoms with Crippen LogP contribution in [-0.2, 0) is 6.54 Å². The summed E-state index contributed by atoms with van der Waals surface area (Å²) in [6.45, 7) is 2.65. The van der Waals surface area contributed by atoms with Gasteiger partial charge in [0.1, 0.15) is 12.4 Å². The Morgan fingerprint density at radius 1 is 1.38 bits per heavy atom. The van der Waals surface area contributed by atoms with Gasteiger partial charge >= 0.3 is 0 Å². The van der Waals surface area contributed by atoms with Gasteiger partial charge in [0.2, 0.25) is 0 Å². The van der Waals surface area contributed by atoms with Crippen molar-refractivity contribution in [1.82, 2.24) is 25.0 Å². The van der Waals surface area contributed by atoms with Gasteiger partial charge < -0.3 is 0 Å². The molecule has 0 radical (unpaired) electrons. The first kappa shape index (κ1) is 11.2. The summed E-state index contributed by atoms with van der Waals surface area (Å²) in [7, 11) is 0. The molecule has 2 rings (SSSR count). The number of rotatable bonds is 4. The van der Waals surface area contributed by atoms with E-state index in [1.165, 1.54) is 0 Å². The number of alkyl halides is 1. The predicted octanol–water partition coefficient (Wildman–Crippen LogP) is 1.96. The Kier molecular flexibility index (Phi) is 3.61. The highest BCUT2D eigenvalue weighted by Gasteiger charge is 2.09. The van der Waals surface area contributed by atoms with Gasteiger partial charge in [0, 0.05) is 12.4 Å². The van der Waals surface area contributed by atoms with Crippen LogP contribution < -0.4 is 0 Å². The SMILES string of the molecule is CCC(Br)c1cn(Cc2ncccn2)nn1. The number of hydrogen-bond acceptors (Lipinski definition) is 4. The summed E-state index contributed by atoms with van der Waals surface area (Å²) in [4.78, 5) is 8.54. The van der Waals surface area contributed by atoms with E-state index in [0.717, 1.165) is 17.9 Å². The molecular weight excluding hydrogens is 270 g/mol. The van der Waals surface area contributed by atoms with Crippen LogP contribution in [0.5, 0.6) is 0 Å². The van der Waals surface area contributed by atoms with E-state index in [0.29, 0.717) is 6.54 Å². The van der Waals surface area contributed by atoms with Crippen molar-refractivity contribution >= 4 is 15.9 Å². The molecule has 2 aromatic heterocycles. The van der Waals surface area contributed by atoms with Crippen LogP contribution >= 0.6 is 15.9 Å². The summed E-state index contributed by atoms with van der Waals surface area (Å²) in [6.07, 6.45) is 6.35. The van der Waals surface area contributed by atoms with E-state index < -0.39 is 0 Å². The summed E-state index contributed by atoms with van der Waals surface area (Å²) >= 11 is 3.54. The van der Waals surface area contributed by atoms with Gasteiger partial charge in [-0.3, -0.25) is 0 Å². The zero-order valence-corrected chi connectivity index (χ0v) is 10.5. The third kappa shape index (κ3) is 2.63. The average Bonchev–Trinajstić information content (AvgIpc) is 2.78. The lowest BCUT2D eigenvalue weighted by Crippen LogP contribution is -2.04. The van der Waals surface area contributed by atoms with Gasteiger partial charge in [-0.25, -0.2) is 14.6 Å². The molecule has 0 bridgehead atoms. The number of hydrogen-bond donors (Lipinski definition) is 0. The highest BCUT2D eigenvalue weighted by molar-refractivity contribution is 9.09. The Bertz CT molecular complexity index is 441. The van der Waals surface area contributed by atoms with Crippen LogP contribution in [0.3, 0.4) is 0 Å². The van der Waals surface area contributed by atoms with Gasteiger partial charge in [-0.1, -0.05) is 28.1 Å². The molecule has 0 aromatic carbocycles. The lowest BCUT2D eigenvalue weighted by molar-refractivity contribution is 0.624. The van der Waals surface area contributed by atoms with Gasteiger partial charge in [0.15, 0.2) is 0 Å². The van der Waals surface area contributed by atoms with Crippen molar-refractivity contribution in [3.63, 3.8) is 0 Å². The Morgan fingerprint density at radius 2 is 2.12 bits per heavy atom. The molecule has 2 heterocycles. The fourth-order valence-electron chi connectivity index (χ4n) is 1.30. The molecule has 0 aliphatic heterocycles. The standard InChI is InChI=1S/C10H12BrN5/c1-2-8(11)9-6-16(15-14-9)7-10-12-4-3-5-13-10/h3-6,8H,2,7H2,1H3. The fourth-order valence-corrected chi connectivity index (χ4v) is 1.51. The number of nitrogens with zero attached hydrogens (tertiary/aromatic N) is 5. The van der Waals surface area contributed by atoms with Crippen LogP contribution in [0.15, 0.2) is 24.7 Å². The first-order chi connectivity index (χ1) is 7.79. The fraction of sp³-hybridized carbons (Fsp3) is 0.400. The molecule has 0 spiro atoms. The molecule has 1 atom stereocenters. The summed E-state index contributed by atoms with van der Waals surface area (Å²) < 4.78 is 1.74. The Hall–Kier alpha value is -1.30. The normalized spacial score (nSPS) is 12.6. The van der Waals surface area contributed by atoms with Crippen LogP contribution in [0, 0.1) is 0 Å². The molecule has 0 fully saturated rings. The maximum Gasteiger partial charge on any atom is 0.149 e. The van der Waals surface area contributed by atoms with Crippen LogP contribution in [0.25, 0.3) is 0 Å². The van der Waals surface area contributed by atoms with Gasteiger partial charge in [0.05, 0.1) is 16.7 Å². The van der Waals surface area contributed by atoms with Crippen LogP contribution in [-0.4, -0.2) is 25.0 Å². The van der Waals surface area contributed by atoms with Crippen molar-refractivity contribution in [3.05, 3.63) is 36.2 Å². The first-order valence-corrected chi connectivity index (χ1v) is 6.01. The zero-order valence-electron chi connectivity index (χ0n) is 8.91. The van der Waals surface area contributed by atoms with Crippen molar-refractivity contribution in [2.24, 2.45) is 0 Å². The minimum Gasteiger partial charge on any atom is -0.245 e.